The van der Waals surface area contributed by atoms with E-state index >= 15 is 0 Å². The molecule has 0 aliphatic heterocycles. The van der Waals surface area contributed by atoms with Crippen molar-refractivity contribution in [2.24, 2.45) is 7.05 Å². The van der Waals surface area contributed by atoms with E-state index in [2.05, 4.69) is 9.97 Å². The summed E-state index contributed by atoms with van der Waals surface area (Å²) in [6.07, 6.45) is -2.61. The van der Waals surface area contributed by atoms with Crippen LogP contribution in [0.25, 0.3) is 11.2 Å². The number of fused-ring (bicyclic) bond motifs is 1. The maximum absolute atomic E-state index is 13.0. The van der Waals surface area contributed by atoms with E-state index < -0.39 is 11.7 Å². The van der Waals surface area contributed by atoms with Crippen LogP contribution >= 0.6 is 0 Å². The normalized spacial score (nSPS) is 12.0. The van der Waals surface area contributed by atoms with Crippen molar-refractivity contribution >= 4 is 11.2 Å². The summed E-state index contributed by atoms with van der Waals surface area (Å²) in [5, 5.41) is 0. The average molecular weight is 291 g/mol. The Morgan fingerprint density at radius 3 is 2.57 bits per heavy atom. The van der Waals surface area contributed by atoms with Crippen LogP contribution in [0.3, 0.4) is 0 Å². The van der Waals surface area contributed by atoms with Crippen molar-refractivity contribution in [3.8, 4) is 0 Å². The van der Waals surface area contributed by atoms with Gasteiger partial charge in [0.1, 0.15) is 11.3 Å². The highest BCUT2D eigenvalue weighted by atomic mass is 19.4. The summed E-state index contributed by atoms with van der Waals surface area (Å²) in [6, 6.07) is 9.12. The van der Waals surface area contributed by atoms with E-state index in [1.54, 1.807) is 36.0 Å². The molecule has 0 spiro atoms. The van der Waals surface area contributed by atoms with Gasteiger partial charge in [-0.25, -0.2) is 9.97 Å². The Hall–Kier alpha value is -2.37. The van der Waals surface area contributed by atoms with Gasteiger partial charge in [0.05, 0.1) is 5.56 Å². The smallest absolute Gasteiger partial charge is 0.316 e. The third-order valence-electron chi connectivity index (χ3n) is 3.39. The molecule has 0 aliphatic carbocycles. The highest BCUT2D eigenvalue weighted by Crippen LogP contribution is 2.32. The molecule has 6 heteroatoms. The fourth-order valence-electron chi connectivity index (χ4n) is 2.35. The molecule has 0 bridgehead atoms. The van der Waals surface area contributed by atoms with Gasteiger partial charge >= 0.3 is 6.18 Å². The molecule has 3 rings (SSSR count). The SMILES string of the molecule is Cn1c(Cc2ccccc2C(F)(F)F)nc2cccnc21. The maximum Gasteiger partial charge on any atom is 0.416 e. The van der Waals surface area contributed by atoms with E-state index in [1.807, 2.05) is 0 Å². The minimum atomic E-state index is -4.36. The third kappa shape index (κ3) is 2.49. The van der Waals surface area contributed by atoms with Crippen molar-refractivity contribution in [1.29, 1.82) is 0 Å². The Morgan fingerprint density at radius 2 is 1.86 bits per heavy atom. The molecule has 108 valence electrons. The van der Waals surface area contributed by atoms with Crippen LogP contribution in [0.1, 0.15) is 17.0 Å². The summed E-state index contributed by atoms with van der Waals surface area (Å²) in [5.41, 5.74) is 0.935. The molecule has 21 heavy (non-hydrogen) atoms. The second-order valence-electron chi connectivity index (χ2n) is 4.76. The second-order valence-corrected chi connectivity index (χ2v) is 4.76. The number of hydrogen-bond acceptors (Lipinski definition) is 2. The van der Waals surface area contributed by atoms with Gasteiger partial charge in [0.2, 0.25) is 0 Å². The van der Waals surface area contributed by atoms with E-state index in [-0.39, 0.29) is 12.0 Å². The zero-order valence-electron chi connectivity index (χ0n) is 11.2. The van der Waals surface area contributed by atoms with Crippen LogP contribution in [0.15, 0.2) is 42.6 Å². The first-order chi connectivity index (χ1) is 9.97. The van der Waals surface area contributed by atoms with Gasteiger partial charge in [0.15, 0.2) is 5.65 Å². The van der Waals surface area contributed by atoms with Crippen LogP contribution in [-0.4, -0.2) is 14.5 Å². The Bertz CT molecular complexity index is 790. The highest BCUT2D eigenvalue weighted by molar-refractivity contribution is 5.71. The largest absolute Gasteiger partial charge is 0.416 e. The van der Waals surface area contributed by atoms with Gasteiger partial charge in [-0.2, -0.15) is 13.2 Å². The lowest BCUT2D eigenvalue weighted by Crippen LogP contribution is -2.10. The molecular weight excluding hydrogens is 279 g/mol. The van der Waals surface area contributed by atoms with Crippen LogP contribution in [-0.2, 0) is 19.6 Å². The van der Waals surface area contributed by atoms with Crippen LogP contribution in [0.5, 0.6) is 0 Å². The number of nitrogens with zero attached hydrogens (tertiary/aromatic N) is 3. The number of hydrogen-bond donors (Lipinski definition) is 0. The molecule has 2 aromatic heterocycles. The molecule has 0 saturated heterocycles. The molecule has 0 N–H and O–H groups in total. The van der Waals surface area contributed by atoms with Gasteiger partial charge < -0.3 is 4.57 Å². The first-order valence-corrected chi connectivity index (χ1v) is 6.38. The van der Waals surface area contributed by atoms with Gasteiger partial charge in [-0.05, 0) is 23.8 Å². The molecule has 3 aromatic rings. The number of rotatable bonds is 2. The number of aryl methyl sites for hydroxylation is 1. The molecule has 0 radical (unpaired) electrons. The average Bonchev–Trinajstić information content (AvgIpc) is 2.76. The number of imidazole rings is 1. The minimum absolute atomic E-state index is 0.114. The quantitative estimate of drug-likeness (QED) is 0.722. The molecule has 3 nitrogen and oxygen atoms in total. The molecule has 0 atom stereocenters. The second kappa shape index (κ2) is 4.87. The molecule has 0 fully saturated rings. The Labute approximate surface area is 119 Å². The zero-order chi connectivity index (χ0) is 15.0. The standard InChI is InChI=1S/C15H12F3N3/c1-21-13(20-12-7-4-8-19-14(12)21)9-10-5-2-3-6-11(10)15(16,17)18/h2-8H,9H2,1H3. The minimum Gasteiger partial charge on any atom is -0.316 e. The van der Waals surface area contributed by atoms with Gasteiger partial charge in [-0.1, -0.05) is 18.2 Å². The molecule has 2 heterocycles. The summed E-state index contributed by atoms with van der Waals surface area (Å²) >= 11 is 0. The fraction of sp³-hybridized carbons (Fsp3) is 0.200. The van der Waals surface area contributed by atoms with Crippen LogP contribution < -0.4 is 0 Å². The predicted octanol–water partition coefficient (Wildman–Crippen LogP) is 3.58. The fourth-order valence-corrected chi connectivity index (χ4v) is 2.35. The van der Waals surface area contributed by atoms with E-state index in [1.165, 1.54) is 12.1 Å². The number of halogens is 3. The monoisotopic (exact) mass is 291 g/mol. The number of alkyl halides is 3. The number of aromatic nitrogens is 3. The lowest BCUT2D eigenvalue weighted by atomic mass is 10.0. The van der Waals surface area contributed by atoms with Crippen LogP contribution in [0, 0.1) is 0 Å². The van der Waals surface area contributed by atoms with E-state index in [0.29, 0.717) is 17.0 Å². The number of benzene rings is 1. The Balaban J connectivity index is 2.05. The lowest BCUT2D eigenvalue weighted by molar-refractivity contribution is -0.138. The van der Waals surface area contributed by atoms with Gasteiger partial charge in [-0.15, -0.1) is 0 Å². The first kappa shape index (κ1) is 13.6. The van der Waals surface area contributed by atoms with Crippen molar-refractivity contribution in [3.05, 3.63) is 59.5 Å². The van der Waals surface area contributed by atoms with Crippen LogP contribution in [0.2, 0.25) is 0 Å². The highest BCUT2D eigenvalue weighted by Gasteiger charge is 2.33. The van der Waals surface area contributed by atoms with Crippen molar-refractivity contribution in [2.45, 2.75) is 12.6 Å². The third-order valence-corrected chi connectivity index (χ3v) is 3.39. The van der Waals surface area contributed by atoms with Gasteiger partial charge in [0, 0.05) is 19.7 Å². The van der Waals surface area contributed by atoms with Crippen molar-refractivity contribution in [1.82, 2.24) is 14.5 Å². The summed E-state index contributed by atoms with van der Waals surface area (Å²) < 4.78 is 40.8. The summed E-state index contributed by atoms with van der Waals surface area (Å²) in [7, 11) is 1.76. The molecule has 0 unspecified atom stereocenters. The molecular formula is C15H12F3N3. The van der Waals surface area contributed by atoms with Crippen LogP contribution in [0.4, 0.5) is 13.2 Å². The van der Waals surface area contributed by atoms with E-state index in [0.717, 1.165) is 6.07 Å². The topological polar surface area (TPSA) is 30.7 Å². The molecule has 0 amide bonds. The summed E-state index contributed by atoms with van der Waals surface area (Å²) in [5.74, 6) is 0.556. The predicted molar refractivity (Wildman–Crippen MR) is 72.8 cm³/mol. The summed E-state index contributed by atoms with van der Waals surface area (Å²) in [6.45, 7) is 0. The first-order valence-electron chi connectivity index (χ1n) is 6.38. The lowest BCUT2D eigenvalue weighted by Gasteiger charge is -2.12. The summed E-state index contributed by atoms with van der Waals surface area (Å²) in [4.78, 5) is 8.56. The Morgan fingerprint density at radius 1 is 1.10 bits per heavy atom. The Kier molecular flexibility index (Phi) is 3.16. The number of pyridine rings is 1. The van der Waals surface area contributed by atoms with Gasteiger partial charge in [-0.3, -0.25) is 0 Å². The molecule has 0 saturated carbocycles. The molecule has 1 aromatic carbocycles. The van der Waals surface area contributed by atoms with Gasteiger partial charge in [0.25, 0.3) is 0 Å². The van der Waals surface area contributed by atoms with Crippen molar-refractivity contribution < 1.29 is 13.2 Å². The van der Waals surface area contributed by atoms with E-state index in [9.17, 15) is 13.2 Å². The maximum atomic E-state index is 13.0. The molecule has 0 aliphatic rings. The van der Waals surface area contributed by atoms with Crippen molar-refractivity contribution in [2.75, 3.05) is 0 Å². The zero-order valence-corrected chi connectivity index (χ0v) is 11.2. The van der Waals surface area contributed by atoms with E-state index in [4.69, 9.17) is 0 Å². The van der Waals surface area contributed by atoms with Crippen molar-refractivity contribution in [3.63, 3.8) is 0 Å².